The molecule has 0 aliphatic carbocycles. The molecule has 1 aliphatic heterocycles. The third kappa shape index (κ3) is 4.42. The molecule has 1 atom stereocenters. The Labute approximate surface area is 155 Å². The molecular weight excluding hydrogens is 358 g/mol. The van der Waals surface area contributed by atoms with Gasteiger partial charge >= 0.3 is 6.03 Å². The standard InChI is InChI=1S/C16H20ClN7O2/c1-11(14(25)21-15-18-10-19-22-15)20-16(26)24-7-5-23(6-8-24)13-4-2-3-12(17)9-13/h2-4,9-11H,5-8H2,1H3,(H,20,26)(H2,18,19,21,22,25). The van der Waals surface area contributed by atoms with Crippen LogP contribution in [0.2, 0.25) is 5.02 Å². The summed E-state index contributed by atoms with van der Waals surface area (Å²) in [6.45, 7) is 4.15. The third-order valence-electron chi connectivity index (χ3n) is 4.13. The Bertz CT molecular complexity index is 760. The Morgan fingerprint density at radius 1 is 1.27 bits per heavy atom. The average molecular weight is 378 g/mol. The maximum atomic E-state index is 12.4. The molecular formula is C16H20ClN7O2. The van der Waals surface area contributed by atoms with Crippen LogP contribution >= 0.6 is 11.6 Å². The van der Waals surface area contributed by atoms with Gasteiger partial charge < -0.3 is 15.1 Å². The molecule has 9 nitrogen and oxygen atoms in total. The fourth-order valence-electron chi connectivity index (χ4n) is 2.67. The summed E-state index contributed by atoms with van der Waals surface area (Å²) in [5.74, 6) is -0.126. The monoisotopic (exact) mass is 377 g/mol. The van der Waals surface area contributed by atoms with Crippen LogP contribution in [0.1, 0.15) is 6.92 Å². The van der Waals surface area contributed by atoms with Crippen molar-refractivity contribution in [2.45, 2.75) is 13.0 Å². The Morgan fingerprint density at radius 3 is 2.69 bits per heavy atom. The quantitative estimate of drug-likeness (QED) is 0.745. The Balaban J connectivity index is 1.48. The average Bonchev–Trinajstić information content (AvgIpc) is 3.14. The molecule has 3 amide bonds. The van der Waals surface area contributed by atoms with Gasteiger partial charge in [-0.2, -0.15) is 10.1 Å². The van der Waals surface area contributed by atoms with E-state index in [1.165, 1.54) is 6.33 Å². The fraction of sp³-hybridized carbons (Fsp3) is 0.375. The lowest BCUT2D eigenvalue weighted by molar-refractivity contribution is -0.117. The normalized spacial score (nSPS) is 15.5. The second kappa shape index (κ2) is 8.05. The second-order valence-corrected chi connectivity index (χ2v) is 6.38. The van der Waals surface area contributed by atoms with Crippen molar-refractivity contribution < 1.29 is 9.59 Å². The number of aromatic amines is 1. The zero-order valence-corrected chi connectivity index (χ0v) is 15.0. The summed E-state index contributed by atoms with van der Waals surface area (Å²) in [5.41, 5.74) is 1.04. The molecule has 3 N–H and O–H groups in total. The molecule has 1 saturated heterocycles. The van der Waals surface area contributed by atoms with Gasteiger partial charge in [0, 0.05) is 36.9 Å². The van der Waals surface area contributed by atoms with Gasteiger partial charge in [0.2, 0.25) is 11.9 Å². The predicted octanol–water partition coefficient (Wildman–Crippen LogP) is 1.32. The predicted molar refractivity (Wildman–Crippen MR) is 98.2 cm³/mol. The minimum Gasteiger partial charge on any atom is -0.368 e. The number of benzene rings is 1. The highest BCUT2D eigenvalue weighted by atomic mass is 35.5. The van der Waals surface area contributed by atoms with Crippen molar-refractivity contribution in [1.82, 2.24) is 25.4 Å². The van der Waals surface area contributed by atoms with Crippen LogP contribution < -0.4 is 15.5 Å². The maximum Gasteiger partial charge on any atom is 0.318 e. The Kier molecular flexibility index (Phi) is 5.57. The lowest BCUT2D eigenvalue weighted by Gasteiger charge is -2.36. The molecule has 138 valence electrons. The van der Waals surface area contributed by atoms with Gasteiger partial charge in [-0.15, -0.1) is 0 Å². The topological polar surface area (TPSA) is 106 Å². The number of nitrogens with zero attached hydrogens (tertiary/aromatic N) is 4. The van der Waals surface area contributed by atoms with E-state index in [0.717, 1.165) is 5.69 Å². The number of urea groups is 1. The smallest absolute Gasteiger partial charge is 0.318 e. The van der Waals surface area contributed by atoms with E-state index in [4.69, 9.17) is 11.6 Å². The molecule has 0 bridgehead atoms. The summed E-state index contributed by atoms with van der Waals surface area (Å²) in [6, 6.07) is 6.69. The summed E-state index contributed by atoms with van der Waals surface area (Å²) < 4.78 is 0. The number of hydrogen-bond acceptors (Lipinski definition) is 5. The van der Waals surface area contributed by atoms with E-state index in [0.29, 0.717) is 31.2 Å². The van der Waals surface area contributed by atoms with Crippen LogP contribution in [0.5, 0.6) is 0 Å². The Hall–Kier alpha value is -2.81. The van der Waals surface area contributed by atoms with E-state index >= 15 is 0 Å². The van der Waals surface area contributed by atoms with Crippen molar-refractivity contribution in [3.63, 3.8) is 0 Å². The molecule has 0 saturated carbocycles. The second-order valence-electron chi connectivity index (χ2n) is 5.95. The van der Waals surface area contributed by atoms with E-state index in [-0.39, 0.29) is 17.9 Å². The zero-order valence-electron chi connectivity index (χ0n) is 14.3. The summed E-state index contributed by atoms with van der Waals surface area (Å²) >= 11 is 6.03. The number of rotatable bonds is 4. The van der Waals surface area contributed by atoms with Gasteiger partial charge in [0.05, 0.1) is 0 Å². The van der Waals surface area contributed by atoms with Gasteiger partial charge in [-0.05, 0) is 25.1 Å². The summed E-state index contributed by atoms with van der Waals surface area (Å²) in [5, 5.41) is 12.1. The molecule has 1 fully saturated rings. The van der Waals surface area contributed by atoms with Gasteiger partial charge in [-0.3, -0.25) is 10.1 Å². The van der Waals surface area contributed by atoms with Crippen LogP contribution in [0, 0.1) is 0 Å². The highest BCUT2D eigenvalue weighted by Gasteiger charge is 2.24. The van der Waals surface area contributed by atoms with E-state index in [9.17, 15) is 9.59 Å². The van der Waals surface area contributed by atoms with Gasteiger partial charge in [-0.25, -0.2) is 9.89 Å². The number of amides is 3. The first-order chi connectivity index (χ1) is 12.5. The minimum atomic E-state index is -0.696. The van der Waals surface area contributed by atoms with Crippen LogP contribution in [-0.4, -0.2) is 64.2 Å². The molecule has 0 spiro atoms. The third-order valence-corrected chi connectivity index (χ3v) is 4.37. The first-order valence-corrected chi connectivity index (χ1v) is 8.63. The zero-order chi connectivity index (χ0) is 18.5. The van der Waals surface area contributed by atoms with Crippen molar-refractivity contribution in [3.05, 3.63) is 35.6 Å². The number of aromatic nitrogens is 3. The van der Waals surface area contributed by atoms with Gasteiger partial charge in [-0.1, -0.05) is 17.7 Å². The number of H-pyrrole nitrogens is 1. The number of piperazine rings is 1. The summed E-state index contributed by atoms with van der Waals surface area (Å²) in [7, 11) is 0. The van der Waals surface area contributed by atoms with E-state index < -0.39 is 6.04 Å². The molecule has 2 aromatic rings. The SMILES string of the molecule is CC(NC(=O)N1CCN(c2cccc(Cl)c2)CC1)C(=O)Nc1ncn[nH]1. The molecule has 26 heavy (non-hydrogen) atoms. The highest BCUT2D eigenvalue weighted by Crippen LogP contribution is 2.20. The van der Waals surface area contributed by atoms with Crippen LogP contribution in [0.3, 0.4) is 0 Å². The molecule has 3 rings (SSSR count). The van der Waals surface area contributed by atoms with Crippen LogP contribution in [0.25, 0.3) is 0 Å². The number of carbonyl (C=O) groups excluding carboxylic acids is 2. The van der Waals surface area contributed by atoms with E-state index in [1.807, 2.05) is 24.3 Å². The highest BCUT2D eigenvalue weighted by molar-refractivity contribution is 6.30. The van der Waals surface area contributed by atoms with Gasteiger partial charge in [0.15, 0.2) is 0 Å². The molecule has 1 aliphatic rings. The van der Waals surface area contributed by atoms with Crippen molar-refractivity contribution in [2.24, 2.45) is 0 Å². The van der Waals surface area contributed by atoms with Gasteiger partial charge in [0.1, 0.15) is 12.4 Å². The van der Waals surface area contributed by atoms with Crippen molar-refractivity contribution in [1.29, 1.82) is 0 Å². The molecule has 1 unspecified atom stereocenters. The van der Waals surface area contributed by atoms with Crippen LogP contribution in [-0.2, 0) is 4.79 Å². The van der Waals surface area contributed by atoms with E-state index in [1.54, 1.807) is 11.8 Å². The van der Waals surface area contributed by atoms with Gasteiger partial charge in [0.25, 0.3) is 0 Å². The van der Waals surface area contributed by atoms with Crippen LogP contribution in [0.4, 0.5) is 16.4 Å². The molecule has 2 heterocycles. The lowest BCUT2D eigenvalue weighted by atomic mass is 10.2. The minimum absolute atomic E-state index is 0.242. The molecule has 0 radical (unpaired) electrons. The molecule has 1 aromatic carbocycles. The van der Waals surface area contributed by atoms with Crippen molar-refractivity contribution in [2.75, 3.05) is 36.4 Å². The van der Waals surface area contributed by atoms with E-state index in [2.05, 4.69) is 30.7 Å². The first-order valence-electron chi connectivity index (χ1n) is 8.25. The Morgan fingerprint density at radius 2 is 2.04 bits per heavy atom. The first kappa shape index (κ1) is 18.0. The number of anilines is 2. The fourth-order valence-corrected chi connectivity index (χ4v) is 2.86. The van der Waals surface area contributed by atoms with Crippen molar-refractivity contribution in [3.8, 4) is 0 Å². The number of hydrogen-bond donors (Lipinski definition) is 3. The number of nitrogens with one attached hydrogen (secondary N) is 3. The molecule has 1 aromatic heterocycles. The molecule has 10 heteroatoms. The number of carbonyl (C=O) groups is 2. The van der Waals surface area contributed by atoms with Crippen molar-refractivity contribution >= 4 is 35.2 Å². The maximum absolute atomic E-state index is 12.4. The summed E-state index contributed by atoms with van der Waals surface area (Å²) in [4.78, 5) is 32.1. The lowest BCUT2D eigenvalue weighted by Crippen LogP contribution is -2.54. The van der Waals surface area contributed by atoms with Crippen LogP contribution in [0.15, 0.2) is 30.6 Å². The summed E-state index contributed by atoms with van der Waals surface area (Å²) in [6.07, 6.45) is 1.29. The largest absolute Gasteiger partial charge is 0.368 e. The number of halogens is 1.